The van der Waals surface area contributed by atoms with Crippen LogP contribution in [0.15, 0.2) is 40.9 Å². The second kappa shape index (κ2) is 12.6. The highest BCUT2D eigenvalue weighted by Crippen LogP contribution is 2.35. The Bertz CT molecular complexity index is 1200. The number of carbonyl (C=O) groups is 2. The Labute approximate surface area is 229 Å². The molecular weight excluding hydrogens is 601 g/mol. The monoisotopic (exact) mass is 625 g/mol. The molecule has 0 saturated carbocycles. The molecule has 2 amide bonds. The number of hydrogen-bond acceptors (Lipinski definition) is 4. The van der Waals surface area contributed by atoms with Crippen molar-refractivity contribution in [1.82, 2.24) is 10.2 Å². The number of hydrogen-bond donors (Lipinski definition) is 1. The van der Waals surface area contributed by atoms with Gasteiger partial charge in [-0.2, -0.15) is 0 Å². The molecule has 192 valence electrons. The number of halogens is 4. The molecule has 0 aliphatic rings. The zero-order valence-corrected chi connectivity index (χ0v) is 24.4. The maximum atomic E-state index is 13.6. The summed E-state index contributed by atoms with van der Waals surface area (Å²) in [5.74, 6) is -0.939. The maximum Gasteiger partial charge on any atom is 0.244 e. The SMILES string of the molecule is CC[C@H](C)NC(=O)[C@H](C)N(Cc1cccc(Br)c1)C(=O)CN(c1cc(Cl)c(Cl)cc1Cl)S(C)(=O)=O. The van der Waals surface area contributed by atoms with E-state index in [1.54, 1.807) is 6.92 Å². The second-order valence-corrected chi connectivity index (χ2v) is 12.2. The molecular formula is C23H27BrCl3N3O4S. The van der Waals surface area contributed by atoms with Crippen LogP contribution in [0.1, 0.15) is 32.8 Å². The van der Waals surface area contributed by atoms with E-state index < -0.39 is 28.5 Å². The van der Waals surface area contributed by atoms with Crippen molar-refractivity contribution in [2.45, 2.75) is 45.8 Å². The molecule has 12 heteroatoms. The normalized spacial score (nSPS) is 13.1. The molecule has 0 bridgehead atoms. The summed E-state index contributed by atoms with van der Waals surface area (Å²) in [5, 5.41) is 3.11. The minimum Gasteiger partial charge on any atom is -0.352 e. The number of anilines is 1. The molecule has 0 radical (unpaired) electrons. The van der Waals surface area contributed by atoms with Crippen LogP contribution < -0.4 is 9.62 Å². The molecule has 2 aromatic carbocycles. The Morgan fingerprint density at radius 1 is 1.06 bits per heavy atom. The summed E-state index contributed by atoms with van der Waals surface area (Å²) in [7, 11) is -3.96. The van der Waals surface area contributed by atoms with E-state index in [-0.39, 0.29) is 39.2 Å². The van der Waals surface area contributed by atoms with E-state index in [1.807, 2.05) is 38.1 Å². The summed E-state index contributed by atoms with van der Waals surface area (Å²) in [6.45, 7) is 4.89. The smallest absolute Gasteiger partial charge is 0.244 e. The molecule has 0 saturated heterocycles. The average Bonchev–Trinajstić information content (AvgIpc) is 2.77. The number of nitrogens with one attached hydrogen (secondary N) is 1. The molecule has 0 aliphatic heterocycles. The molecule has 7 nitrogen and oxygen atoms in total. The van der Waals surface area contributed by atoms with E-state index >= 15 is 0 Å². The third-order valence-corrected chi connectivity index (χ3v) is 7.99. The summed E-state index contributed by atoms with van der Waals surface area (Å²) >= 11 is 21.7. The second-order valence-electron chi connectivity index (χ2n) is 8.13. The van der Waals surface area contributed by atoms with Crippen molar-refractivity contribution < 1.29 is 18.0 Å². The van der Waals surface area contributed by atoms with Crippen LogP contribution in [0.25, 0.3) is 0 Å². The van der Waals surface area contributed by atoms with Gasteiger partial charge in [-0.05, 0) is 50.1 Å². The van der Waals surface area contributed by atoms with Crippen molar-refractivity contribution in [3.8, 4) is 0 Å². The van der Waals surface area contributed by atoms with Crippen LogP contribution in [-0.2, 0) is 26.2 Å². The summed E-state index contributed by atoms with van der Waals surface area (Å²) in [5.41, 5.74) is 0.769. The Hall–Kier alpha value is -1.52. The zero-order chi connectivity index (χ0) is 26.5. The highest BCUT2D eigenvalue weighted by molar-refractivity contribution is 9.10. The fraction of sp³-hybridized carbons (Fsp3) is 0.391. The van der Waals surface area contributed by atoms with E-state index in [2.05, 4.69) is 21.2 Å². The molecule has 0 unspecified atom stereocenters. The Kier molecular flexibility index (Phi) is 10.7. The van der Waals surface area contributed by atoms with Crippen LogP contribution in [-0.4, -0.2) is 50.0 Å². The van der Waals surface area contributed by atoms with Crippen molar-refractivity contribution in [3.05, 3.63) is 61.5 Å². The molecule has 0 aliphatic carbocycles. The fourth-order valence-corrected chi connectivity index (χ4v) is 5.17. The van der Waals surface area contributed by atoms with Crippen molar-refractivity contribution in [2.75, 3.05) is 17.1 Å². The minimum atomic E-state index is -3.96. The zero-order valence-electron chi connectivity index (χ0n) is 19.7. The van der Waals surface area contributed by atoms with Gasteiger partial charge in [0.1, 0.15) is 12.6 Å². The lowest BCUT2D eigenvalue weighted by molar-refractivity contribution is -0.139. The van der Waals surface area contributed by atoms with Crippen molar-refractivity contribution in [3.63, 3.8) is 0 Å². The van der Waals surface area contributed by atoms with Crippen molar-refractivity contribution in [2.24, 2.45) is 0 Å². The Morgan fingerprint density at radius 3 is 2.26 bits per heavy atom. The molecule has 0 aromatic heterocycles. The van der Waals surface area contributed by atoms with Gasteiger partial charge in [0.05, 0.1) is 27.0 Å². The molecule has 0 heterocycles. The highest BCUT2D eigenvalue weighted by atomic mass is 79.9. The van der Waals surface area contributed by atoms with Gasteiger partial charge in [-0.3, -0.25) is 13.9 Å². The van der Waals surface area contributed by atoms with E-state index in [4.69, 9.17) is 34.8 Å². The average molecular weight is 628 g/mol. The highest BCUT2D eigenvalue weighted by Gasteiger charge is 2.31. The largest absolute Gasteiger partial charge is 0.352 e. The van der Waals surface area contributed by atoms with Crippen LogP contribution in [0, 0.1) is 0 Å². The first-order chi connectivity index (χ1) is 16.2. The van der Waals surface area contributed by atoms with Gasteiger partial charge in [-0.15, -0.1) is 0 Å². The maximum absolute atomic E-state index is 13.6. The van der Waals surface area contributed by atoms with E-state index in [0.29, 0.717) is 0 Å². The number of amides is 2. The summed E-state index contributed by atoms with van der Waals surface area (Å²) in [6.07, 6.45) is 1.67. The first-order valence-corrected chi connectivity index (χ1v) is 14.5. The fourth-order valence-electron chi connectivity index (χ4n) is 3.18. The molecule has 2 atom stereocenters. The molecule has 1 N–H and O–H groups in total. The van der Waals surface area contributed by atoms with E-state index in [9.17, 15) is 18.0 Å². The summed E-state index contributed by atoms with van der Waals surface area (Å²) < 4.78 is 27.0. The number of nitrogens with zero attached hydrogens (tertiary/aromatic N) is 2. The van der Waals surface area contributed by atoms with Crippen molar-refractivity contribution in [1.29, 1.82) is 0 Å². The molecule has 0 spiro atoms. The first-order valence-electron chi connectivity index (χ1n) is 10.7. The lowest BCUT2D eigenvalue weighted by Gasteiger charge is -2.32. The lowest BCUT2D eigenvalue weighted by Crippen LogP contribution is -2.52. The molecule has 35 heavy (non-hydrogen) atoms. The van der Waals surface area contributed by atoms with E-state index in [1.165, 1.54) is 17.0 Å². The van der Waals surface area contributed by atoms with Gasteiger partial charge in [0, 0.05) is 17.1 Å². The van der Waals surface area contributed by atoms with E-state index in [0.717, 1.165) is 27.0 Å². The topological polar surface area (TPSA) is 86.8 Å². The van der Waals surface area contributed by atoms with Gasteiger partial charge in [0.2, 0.25) is 21.8 Å². The van der Waals surface area contributed by atoms with Gasteiger partial charge < -0.3 is 10.2 Å². The molecule has 0 fully saturated rings. The first kappa shape index (κ1) is 29.7. The van der Waals surface area contributed by atoms with Gasteiger partial charge in [0.25, 0.3) is 0 Å². The molecule has 2 rings (SSSR count). The summed E-state index contributed by atoms with van der Waals surface area (Å²) in [6, 6.07) is 8.93. The van der Waals surface area contributed by atoms with Crippen LogP contribution in [0.4, 0.5) is 5.69 Å². The third kappa shape index (κ3) is 8.25. The number of benzene rings is 2. The minimum absolute atomic E-state index is 0.0102. The standard InChI is InChI=1S/C23H27BrCl3N3O4S/c1-5-14(2)28-23(32)15(3)29(12-16-7-6-8-17(24)9-16)22(31)13-30(35(4,33)34)21-11-19(26)18(25)10-20(21)27/h6-11,14-15H,5,12-13H2,1-4H3,(H,28,32)/t14-,15-/m0/s1. The lowest BCUT2D eigenvalue weighted by atomic mass is 10.1. The van der Waals surface area contributed by atoms with Gasteiger partial charge in [0.15, 0.2) is 0 Å². The van der Waals surface area contributed by atoms with Gasteiger partial charge >= 0.3 is 0 Å². The van der Waals surface area contributed by atoms with Crippen LogP contribution in [0.5, 0.6) is 0 Å². The third-order valence-electron chi connectivity index (χ3n) is 5.35. The number of carbonyl (C=O) groups excluding carboxylic acids is 2. The summed E-state index contributed by atoms with van der Waals surface area (Å²) in [4.78, 5) is 27.8. The predicted molar refractivity (Wildman–Crippen MR) is 146 cm³/mol. The predicted octanol–water partition coefficient (Wildman–Crippen LogP) is 5.51. The van der Waals surface area contributed by atoms with Crippen LogP contribution in [0.2, 0.25) is 15.1 Å². The number of sulfonamides is 1. The van der Waals surface area contributed by atoms with Crippen LogP contribution >= 0.6 is 50.7 Å². The molecule has 2 aromatic rings. The van der Waals surface area contributed by atoms with Gasteiger partial charge in [-0.1, -0.05) is 69.8 Å². The Balaban J connectivity index is 2.46. The number of rotatable bonds is 10. The quantitative estimate of drug-likeness (QED) is 0.352. The van der Waals surface area contributed by atoms with Crippen molar-refractivity contribution >= 4 is 78.3 Å². The van der Waals surface area contributed by atoms with Crippen LogP contribution in [0.3, 0.4) is 0 Å². The Morgan fingerprint density at radius 2 is 1.69 bits per heavy atom. The van der Waals surface area contributed by atoms with Gasteiger partial charge in [-0.25, -0.2) is 8.42 Å².